The fourth-order valence-corrected chi connectivity index (χ4v) is 1.74. The maximum Gasteiger partial charge on any atom is 0.329 e. The van der Waals surface area contributed by atoms with Gasteiger partial charge in [0.15, 0.2) is 0 Å². The van der Waals surface area contributed by atoms with Crippen molar-refractivity contribution in [3.8, 4) is 0 Å². The maximum absolute atomic E-state index is 11.7. The molecule has 0 unspecified atom stereocenters. The van der Waals surface area contributed by atoms with E-state index in [4.69, 9.17) is 5.11 Å². The molecule has 0 atom stereocenters. The molecule has 0 aliphatic heterocycles. The molecule has 0 aromatic carbocycles. The van der Waals surface area contributed by atoms with Gasteiger partial charge in [-0.3, -0.25) is 9.48 Å². The zero-order valence-corrected chi connectivity index (χ0v) is 8.93. The van der Waals surface area contributed by atoms with Gasteiger partial charge in [-0.15, -0.1) is 0 Å². The van der Waals surface area contributed by atoms with E-state index in [1.165, 1.54) is 4.68 Å². The molecule has 1 amide bonds. The number of aromatic nitrogens is 2. The van der Waals surface area contributed by atoms with Gasteiger partial charge in [-0.2, -0.15) is 5.10 Å². The monoisotopic (exact) mass is 223 g/mol. The third kappa shape index (κ3) is 1.66. The van der Waals surface area contributed by atoms with Crippen LogP contribution in [0.3, 0.4) is 0 Å². The van der Waals surface area contributed by atoms with Gasteiger partial charge in [0.05, 0.1) is 0 Å². The number of amides is 1. The Bertz CT molecular complexity index is 434. The largest absolute Gasteiger partial charge is 0.480 e. The van der Waals surface area contributed by atoms with Crippen LogP contribution < -0.4 is 5.32 Å². The summed E-state index contributed by atoms with van der Waals surface area (Å²) in [6, 6.07) is 1.56. The van der Waals surface area contributed by atoms with Gasteiger partial charge in [-0.25, -0.2) is 4.79 Å². The highest BCUT2D eigenvalue weighted by Crippen LogP contribution is 2.32. The lowest BCUT2D eigenvalue weighted by Gasteiger charge is -2.37. The molecule has 1 aliphatic carbocycles. The molecule has 2 N–H and O–H groups in total. The number of carbonyl (C=O) groups excluding carboxylic acids is 1. The summed E-state index contributed by atoms with van der Waals surface area (Å²) in [4.78, 5) is 22.8. The third-order valence-corrected chi connectivity index (χ3v) is 2.92. The highest BCUT2D eigenvalue weighted by molar-refractivity contribution is 5.96. The van der Waals surface area contributed by atoms with Crippen molar-refractivity contribution in [2.24, 2.45) is 7.05 Å². The summed E-state index contributed by atoms with van der Waals surface area (Å²) in [5, 5.41) is 15.5. The molecule has 0 spiro atoms. The van der Waals surface area contributed by atoms with E-state index in [-0.39, 0.29) is 5.69 Å². The fourth-order valence-electron chi connectivity index (χ4n) is 1.74. The van der Waals surface area contributed by atoms with Crippen LogP contribution in [0.1, 0.15) is 29.8 Å². The van der Waals surface area contributed by atoms with Crippen LogP contribution in [0.15, 0.2) is 12.3 Å². The van der Waals surface area contributed by atoms with Crippen LogP contribution in [0.5, 0.6) is 0 Å². The van der Waals surface area contributed by atoms with Crippen molar-refractivity contribution in [1.82, 2.24) is 15.1 Å². The van der Waals surface area contributed by atoms with Crippen molar-refractivity contribution in [1.29, 1.82) is 0 Å². The van der Waals surface area contributed by atoms with E-state index in [0.29, 0.717) is 12.8 Å². The number of nitrogens with zero attached hydrogens (tertiary/aromatic N) is 2. The molecule has 1 aromatic heterocycles. The quantitative estimate of drug-likeness (QED) is 0.764. The molecule has 86 valence electrons. The van der Waals surface area contributed by atoms with Crippen molar-refractivity contribution in [2.45, 2.75) is 24.8 Å². The van der Waals surface area contributed by atoms with E-state index in [1.54, 1.807) is 19.3 Å². The van der Waals surface area contributed by atoms with E-state index in [9.17, 15) is 9.59 Å². The van der Waals surface area contributed by atoms with E-state index in [2.05, 4.69) is 10.4 Å². The molecule has 6 heteroatoms. The van der Waals surface area contributed by atoms with Crippen molar-refractivity contribution >= 4 is 11.9 Å². The summed E-state index contributed by atoms with van der Waals surface area (Å²) in [6.45, 7) is 0. The van der Waals surface area contributed by atoms with Crippen LogP contribution in [0.2, 0.25) is 0 Å². The minimum absolute atomic E-state index is 0.245. The molecule has 1 fully saturated rings. The molecular weight excluding hydrogens is 210 g/mol. The number of hydrogen-bond acceptors (Lipinski definition) is 3. The Hall–Kier alpha value is -1.85. The normalized spacial score (nSPS) is 17.6. The lowest BCUT2D eigenvalue weighted by atomic mass is 9.76. The van der Waals surface area contributed by atoms with Crippen molar-refractivity contribution in [3.05, 3.63) is 18.0 Å². The number of nitrogens with one attached hydrogen (secondary N) is 1. The van der Waals surface area contributed by atoms with Crippen LogP contribution >= 0.6 is 0 Å². The van der Waals surface area contributed by atoms with E-state index >= 15 is 0 Å². The van der Waals surface area contributed by atoms with Gasteiger partial charge in [0.2, 0.25) is 0 Å². The summed E-state index contributed by atoms with van der Waals surface area (Å²) < 4.78 is 1.50. The van der Waals surface area contributed by atoms with Crippen LogP contribution in [-0.2, 0) is 11.8 Å². The lowest BCUT2D eigenvalue weighted by molar-refractivity contribution is -0.148. The smallest absolute Gasteiger partial charge is 0.329 e. The predicted octanol–water partition coefficient (Wildman–Crippen LogP) is 0.157. The molecular formula is C10H13N3O3. The van der Waals surface area contributed by atoms with Gasteiger partial charge < -0.3 is 10.4 Å². The molecule has 1 aromatic rings. The average Bonchev–Trinajstić information content (AvgIpc) is 2.57. The molecule has 6 nitrogen and oxygen atoms in total. The number of aliphatic carboxylic acids is 1. The zero-order chi connectivity index (χ0) is 11.8. The maximum atomic E-state index is 11.7. The van der Waals surface area contributed by atoms with E-state index in [1.807, 2.05) is 0 Å². The SMILES string of the molecule is Cn1ccc(C(=O)NC2(C(=O)O)CCC2)n1. The minimum atomic E-state index is -1.07. The average molecular weight is 223 g/mol. The number of aryl methyl sites for hydroxylation is 1. The summed E-state index contributed by atoms with van der Waals surface area (Å²) >= 11 is 0. The van der Waals surface area contributed by atoms with Crippen molar-refractivity contribution in [2.75, 3.05) is 0 Å². The Morgan fingerprint density at radius 3 is 2.62 bits per heavy atom. The van der Waals surface area contributed by atoms with E-state index < -0.39 is 17.4 Å². The first-order valence-corrected chi connectivity index (χ1v) is 5.09. The van der Waals surface area contributed by atoms with Gasteiger partial charge in [-0.05, 0) is 25.3 Å². The molecule has 0 radical (unpaired) electrons. The summed E-state index contributed by atoms with van der Waals surface area (Å²) in [5.74, 6) is -1.40. The van der Waals surface area contributed by atoms with Crippen LogP contribution in [0.25, 0.3) is 0 Å². The Morgan fingerprint density at radius 2 is 2.25 bits per heavy atom. The summed E-state index contributed by atoms with van der Waals surface area (Å²) in [7, 11) is 1.70. The predicted molar refractivity (Wildman–Crippen MR) is 54.9 cm³/mol. The number of carbonyl (C=O) groups is 2. The van der Waals surface area contributed by atoms with Gasteiger partial charge in [0.1, 0.15) is 11.2 Å². The topological polar surface area (TPSA) is 84.2 Å². The standard InChI is InChI=1S/C10H13N3O3/c1-13-6-3-7(12-13)8(14)11-10(9(15)16)4-2-5-10/h3,6H,2,4-5H2,1H3,(H,11,14)(H,15,16). The summed E-state index contributed by atoms with van der Waals surface area (Å²) in [5.41, 5.74) is -0.829. The Kier molecular flexibility index (Phi) is 2.41. The lowest BCUT2D eigenvalue weighted by Crippen LogP contribution is -2.59. The highest BCUT2D eigenvalue weighted by atomic mass is 16.4. The summed E-state index contributed by atoms with van der Waals surface area (Å²) in [6.07, 6.45) is 3.44. The second-order valence-electron chi connectivity index (χ2n) is 4.07. The van der Waals surface area contributed by atoms with E-state index in [0.717, 1.165) is 6.42 Å². The highest BCUT2D eigenvalue weighted by Gasteiger charge is 2.45. The van der Waals surface area contributed by atoms with Gasteiger partial charge in [0, 0.05) is 13.2 Å². The molecule has 0 saturated heterocycles. The minimum Gasteiger partial charge on any atom is -0.480 e. The van der Waals surface area contributed by atoms with Crippen molar-refractivity contribution in [3.63, 3.8) is 0 Å². The fraction of sp³-hybridized carbons (Fsp3) is 0.500. The first-order valence-electron chi connectivity index (χ1n) is 5.09. The molecule has 1 saturated carbocycles. The first kappa shape index (κ1) is 10.7. The molecule has 16 heavy (non-hydrogen) atoms. The van der Waals surface area contributed by atoms with Gasteiger partial charge in [-0.1, -0.05) is 0 Å². The number of carboxylic acid groups (broad SMARTS) is 1. The Balaban J connectivity index is 2.10. The van der Waals surface area contributed by atoms with Crippen LogP contribution in [0.4, 0.5) is 0 Å². The second-order valence-corrected chi connectivity index (χ2v) is 4.07. The number of carboxylic acids is 1. The first-order chi connectivity index (χ1) is 7.53. The number of rotatable bonds is 3. The molecule has 1 heterocycles. The van der Waals surface area contributed by atoms with Gasteiger partial charge >= 0.3 is 5.97 Å². The van der Waals surface area contributed by atoms with Crippen LogP contribution in [0, 0.1) is 0 Å². The Labute approximate surface area is 92.3 Å². The molecule has 1 aliphatic rings. The van der Waals surface area contributed by atoms with Crippen LogP contribution in [-0.4, -0.2) is 32.3 Å². The number of hydrogen-bond donors (Lipinski definition) is 2. The molecule has 0 bridgehead atoms. The third-order valence-electron chi connectivity index (χ3n) is 2.92. The second kappa shape index (κ2) is 3.62. The zero-order valence-electron chi connectivity index (χ0n) is 8.93. The van der Waals surface area contributed by atoms with Gasteiger partial charge in [0.25, 0.3) is 5.91 Å². The molecule has 2 rings (SSSR count). The Morgan fingerprint density at radius 1 is 1.56 bits per heavy atom. The van der Waals surface area contributed by atoms with Crippen molar-refractivity contribution < 1.29 is 14.7 Å².